The number of likely N-dealkylation sites (N-methyl/N-ethyl adjacent to an activating group) is 1. The van der Waals surface area contributed by atoms with Crippen LogP contribution in [0.5, 0.6) is 5.75 Å². The van der Waals surface area contributed by atoms with Crippen molar-refractivity contribution in [3.63, 3.8) is 0 Å². The third-order valence-corrected chi connectivity index (χ3v) is 8.58. The highest BCUT2D eigenvalue weighted by Gasteiger charge is 2.64. The summed E-state index contributed by atoms with van der Waals surface area (Å²) in [4.78, 5) is 42.6. The van der Waals surface area contributed by atoms with Crippen molar-refractivity contribution in [2.24, 2.45) is 17.6 Å². The van der Waals surface area contributed by atoms with E-state index in [0.717, 1.165) is 18.2 Å². The van der Waals surface area contributed by atoms with Gasteiger partial charge in [0, 0.05) is 43.9 Å². The molecule has 228 valence electrons. The van der Waals surface area contributed by atoms with Crippen LogP contribution in [-0.2, 0) is 27.3 Å². The molecule has 0 aromatic heterocycles. The van der Waals surface area contributed by atoms with Gasteiger partial charge in [-0.1, -0.05) is 0 Å². The first-order valence-corrected chi connectivity index (χ1v) is 13.5. The summed E-state index contributed by atoms with van der Waals surface area (Å²) in [5.41, 5.74) is 2.72. The molecule has 1 saturated carbocycles. The number of primary amides is 1. The summed E-state index contributed by atoms with van der Waals surface area (Å²) < 4.78 is 27.5. The fraction of sp³-hybridized carbons (Fsp3) is 0.367. The lowest BCUT2D eigenvalue weighted by Crippen LogP contribution is -2.65. The molecule has 0 unspecified atom stereocenters. The summed E-state index contributed by atoms with van der Waals surface area (Å²) in [6.07, 6.45) is 0.0789. The molecule has 13 heteroatoms. The molecule has 0 aliphatic heterocycles. The lowest BCUT2D eigenvalue weighted by Gasteiger charge is -2.50. The van der Waals surface area contributed by atoms with Gasteiger partial charge in [-0.25, -0.2) is 8.78 Å². The molecule has 4 atom stereocenters. The highest BCUT2D eigenvalue weighted by atomic mass is 19.1. The fourth-order valence-electron chi connectivity index (χ4n) is 6.74. The zero-order valence-corrected chi connectivity index (χ0v) is 23.9. The summed E-state index contributed by atoms with van der Waals surface area (Å²) in [5.74, 6) is -8.99. The Labute approximate surface area is 245 Å². The third kappa shape index (κ3) is 4.50. The number of nitrogens with two attached hydrogens (primary N) is 1. The molecule has 1 amide bonds. The second-order valence-corrected chi connectivity index (χ2v) is 11.6. The number of carbonyl (C=O) groups is 3. The van der Waals surface area contributed by atoms with E-state index in [1.54, 1.807) is 25.1 Å². The number of aliphatic hydroxyl groups excluding tert-OH is 2. The number of amides is 1. The highest BCUT2D eigenvalue weighted by Crippen LogP contribution is 2.54. The minimum Gasteiger partial charge on any atom is -0.508 e. The summed E-state index contributed by atoms with van der Waals surface area (Å²) in [7, 11) is 6.52. The maximum atomic E-state index is 14.1. The number of hydrogen-bond donors (Lipinski definition) is 6. The van der Waals surface area contributed by atoms with Crippen LogP contribution in [0.3, 0.4) is 0 Å². The molecule has 43 heavy (non-hydrogen) atoms. The molecule has 0 radical (unpaired) electrons. The van der Waals surface area contributed by atoms with Crippen molar-refractivity contribution in [1.29, 1.82) is 0 Å². The van der Waals surface area contributed by atoms with Gasteiger partial charge in [0.05, 0.1) is 17.3 Å². The van der Waals surface area contributed by atoms with Crippen molar-refractivity contribution in [3.8, 4) is 5.75 Å². The molecule has 11 nitrogen and oxygen atoms in total. The van der Waals surface area contributed by atoms with E-state index in [1.807, 2.05) is 0 Å². The van der Waals surface area contributed by atoms with Crippen molar-refractivity contribution >= 4 is 34.6 Å². The number of phenolic OH excluding ortho intramolecular Hbond substituents is 1. The Balaban J connectivity index is 1.66. The van der Waals surface area contributed by atoms with Gasteiger partial charge in [0.1, 0.15) is 34.5 Å². The number of aromatic hydroxyl groups is 1. The Hall–Kier alpha value is -4.49. The van der Waals surface area contributed by atoms with E-state index in [-0.39, 0.29) is 41.8 Å². The van der Waals surface area contributed by atoms with Gasteiger partial charge in [0.25, 0.3) is 5.91 Å². The van der Waals surface area contributed by atoms with Gasteiger partial charge in [-0.3, -0.25) is 19.3 Å². The van der Waals surface area contributed by atoms with Gasteiger partial charge in [-0.15, -0.1) is 0 Å². The van der Waals surface area contributed by atoms with E-state index in [0.29, 0.717) is 11.3 Å². The van der Waals surface area contributed by atoms with Crippen LogP contribution in [0.2, 0.25) is 0 Å². The lowest BCUT2D eigenvalue weighted by atomic mass is 9.57. The van der Waals surface area contributed by atoms with E-state index >= 15 is 0 Å². The number of phenols is 1. The highest BCUT2D eigenvalue weighted by molar-refractivity contribution is 6.24. The molecular weight excluding hydrogens is 566 g/mol. The molecule has 2 aromatic rings. The van der Waals surface area contributed by atoms with Gasteiger partial charge < -0.3 is 36.4 Å². The topological polar surface area (TPSA) is 177 Å². The van der Waals surface area contributed by atoms with Crippen molar-refractivity contribution in [1.82, 2.24) is 4.90 Å². The number of rotatable bonds is 6. The molecule has 1 fully saturated rings. The number of fused-ring (bicyclic) bond motifs is 3. The fourth-order valence-corrected chi connectivity index (χ4v) is 6.74. The normalized spacial score (nSPS) is 25.0. The number of Topliss-reactive ketones (excluding diaryl/α,β-unsaturated/α-hetero) is 2. The third-order valence-electron chi connectivity index (χ3n) is 8.58. The molecular formula is C30H32F2N4O7. The molecule has 5 rings (SSSR count). The predicted molar refractivity (Wildman–Crippen MR) is 152 cm³/mol. The van der Waals surface area contributed by atoms with E-state index in [1.165, 1.54) is 19.0 Å². The Bertz CT molecular complexity index is 1630. The van der Waals surface area contributed by atoms with Crippen LogP contribution >= 0.6 is 0 Å². The van der Waals surface area contributed by atoms with E-state index in [4.69, 9.17) is 5.73 Å². The van der Waals surface area contributed by atoms with E-state index in [9.17, 15) is 43.6 Å². The lowest BCUT2D eigenvalue weighted by molar-refractivity contribution is -0.153. The van der Waals surface area contributed by atoms with Crippen LogP contribution in [-0.4, -0.2) is 82.6 Å². The molecule has 0 bridgehead atoms. The predicted octanol–water partition coefficient (Wildman–Crippen LogP) is 1.92. The monoisotopic (exact) mass is 598 g/mol. The summed E-state index contributed by atoms with van der Waals surface area (Å²) in [6, 6.07) is 3.39. The molecule has 3 aliphatic rings. The Morgan fingerprint density at radius 1 is 1.07 bits per heavy atom. The summed E-state index contributed by atoms with van der Waals surface area (Å²) in [6.45, 7) is -0.0945. The molecule has 3 aliphatic carbocycles. The number of aliphatic hydroxyl groups is 3. The van der Waals surface area contributed by atoms with Crippen LogP contribution in [0.25, 0.3) is 5.76 Å². The number of hydrogen-bond acceptors (Lipinski definition) is 10. The van der Waals surface area contributed by atoms with Crippen LogP contribution in [0.15, 0.2) is 41.2 Å². The van der Waals surface area contributed by atoms with Crippen LogP contribution in [0, 0.1) is 23.5 Å². The smallest absolute Gasteiger partial charge is 0.255 e. The first-order valence-electron chi connectivity index (χ1n) is 13.5. The van der Waals surface area contributed by atoms with Crippen molar-refractivity contribution in [2.75, 3.05) is 38.4 Å². The summed E-state index contributed by atoms with van der Waals surface area (Å²) >= 11 is 0. The minimum absolute atomic E-state index is 0.0372. The van der Waals surface area contributed by atoms with Crippen molar-refractivity contribution in [3.05, 3.63) is 69.5 Å². The molecule has 2 aromatic carbocycles. The first-order chi connectivity index (χ1) is 20.1. The van der Waals surface area contributed by atoms with Crippen molar-refractivity contribution < 1.29 is 43.6 Å². The maximum Gasteiger partial charge on any atom is 0.255 e. The number of nitrogens with zero attached hydrogens (tertiary/aromatic N) is 2. The van der Waals surface area contributed by atoms with Gasteiger partial charge >= 0.3 is 0 Å². The molecule has 0 spiro atoms. The minimum atomic E-state index is -2.75. The van der Waals surface area contributed by atoms with Gasteiger partial charge in [0.15, 0.2) is 11.4 Å². The standard InChI is InChI=1S/C30H32F2N4O7/c1-35(2)19-10-18(34-11-12-5-14(31)9-15(32)6-12)24(37)21-16(19)7-13-8-17-23(36(3)4)26(39)22(29(33)42)28(41)30(17,43)27(40)20(13)25(21)38/h5-6,9-10,13,17,23,34,37-38,41,43H,7-8,11H2,1-4H3,(H2,33,42)/t13-,17-,23-,30-/m0/s1. The molecule has 7 N–H and O–H groups in total. The number of anilines is 2. The Morgan fingerprint density at radius 3 is 2.26 bits per heavy atom. The number of carbonyl (C=O) groups excluding carboxylic acids is 3. The van der Waals surface area contributed by atoms with Crippen molar-refractivity contribution in [2.45, 2.75) is 31.0 Å². The van der Waals surface area contributed by atoms with E-state index in [2.05, 4.69) is 5.32 Å². The summed E-state index contributed by atoms with van der Waals surface area (Å²) in [5, 5.41) is 48.6. The molecule has 0 saturated heterocycles. The number of benzene rings is 2. The van der Waals surface area contributed by atoms with Crippen LogP contribution in [0.1, 0.15) is 23.1 Å². The zero-order chi connectivity index (χ0) is 31.7. The first kappa shape index (κ1) is 30.0. The number of halogens is 2. The van der Waals surface area contributed by atoms with Crippen LogP contribution < -0.4 is 16.0 Å². The average Bonchev–Trinajstić information content (AvgIpc) is 2.89. The quantitative estimate of drug-likeness (QED) is 0.213. The van der Waals surface area contributed by atoms with E-state index < -0.39 is 75.4 Å². The number of ketones is 2. The largest absolute Gasteiger partial charge is 0.508 e. The Kier molecular flexibility index (Phi) is 7.22. The Morgan fingerprint density at radius 2 is 1.70 bits per heavy atom. The second-order valence-electron chi connectivity index (χ2n) is 11.6. The number of nitrogens with one attached hydrogen (secondary N) is 1. The zero-order valence-electron chi connectivity index (χ0n) is 23.9. The van der Waals surface area contributed by atoms with Gasteiger partial charge in [-0.2, -0.15) is 0 Å². The van der Waals surface area contributed by atoms with Gasteiger partial charge in [-0.05, 0) is 62.2 Å². The van der Waals surface area contributed by atoms with Gasteiger partial charge in [0.2, 0.25) is 5.78 Å². The van der Waals surface area contributed by atoms with Crippen LogP contribution in [0.4, 0.5) is 20.2 Å². The maximum absolute atomic E-state index is 14.1. The SMILES string of the molecule is CN(C)c1cc(NCc2cc(F)cc(F)c2)c(O)c2c1C[C@H]1C[C@H]3[C@H](N(C)C)C(=O)C(C(N)=O)=C(O)[C@@]3(O)C(=O)C1=C2O. The second kappa shape index (κ2) is 10.3. The molecule has 0 heterocycles. The average molecular weight is 599 g/mol.